The van der Waals surface area contributed by atoms with Gasteiger partial charge in [-0.15, -0.1) is 0 Å². The van der Waals surface area contributed by atoms with Crippen LogP contribution >= 0.6 is 11.6 Å². The minimum Gasteiger partial charge on any atom is -0.497 e. The number of anilines is 1. The van der Waals surface area contributed by atoms with Crippen molar-refractivity contribution in [2.75, 3.05) is 18.7 Å². The van der Waals surface area contributed by atoms with Gasteiger partial charge in [-0.1, -0.05) is 23.7 Å². The molecule has 1 aliphatic heterocycles. The van der Waals surface area contributed by atoms with Gasteiger partial charge >= 0.3 is 5.63 Å². The van der Waals surface area contributed by atoms with Crippen LogP contribution in [0.5, 0.6) is 11.5 Å². The topological polar surface area (TPSA) is 51.9 Å². The fourth-order valence-electron chi connectivity index (χ4n) is 3.76. The summed E-state index contributed by atoms with van der Waals surface area (Å²) < 4.78 is 16.9. The van der Waals surface area contributed by atoms with E-state index in [4.69, 9.17) is 25.5 Å². The molecular formula is C24H18ClNO4. The number of ether oxygens (including phenoxy) is 2. The third kappa shape index (κ3) is 3.27. The average Bonchev–Trinajstić information content (AvgIpc) is 2.78. The van der Waals surface area contributed by atoms with Crippen LogP contribution < -0.4 is 20.0 Å². The van der Waals surface area contributed by atoms with E-state index in [1.165, 1.54) is 6.07 Å². The average molecular weight is 420 g/mol. The van der Waals surface area contributed by atoms with E-state index in [-0.39, 0.29) is 0 Å². The molecule has 4 aromatic rings. The van der Waals surface area contributed by atoms with Gasteiger partial charge < -0.3 is 18.8 Å². The van der Waals surface area contributed by atoms with Gasteiger partial charge in [-0.05, 0) is 59.7 Å². The summed E-state index contributed by atoms with van der Waals surface area (Å²) in [6.45, 7) is 0.964. The molecule has 5 nitrogen and oxygen atoms in total. The third-order valence-corrected chi connectivity index (χ3v) is 5.54. The zero-order chi connectivity index (χ0) is 20.7. The molecule has 5 rings (SSSR count). The number of methoxy groups -OCH3 is 1. The summed E-state index contributed by atoms with van der Waals surface area (Å²) in [5.41, 5.74) is 3.71. The number of nitrogens with zero attached hydrogens (tertiary/aromatic N) is 1. The molecule has 1 aliphatic rings. The van der Waals surface area contributed by atoms with Crippen molar-refractivity contribution < 1.29 is 13.9 Å². The van der Waals surface area contributed by atoms with Crippen LogP contribution in [0.1, 0.15) is 5.56 Å². The molecule has 6 heteroatoms. The van der Waals surface area contributed by atoms with Gasteiger partial charge in [0.1, 0.15) is 17.1 Å². The first-order valence-electron chi connectivity index (χ1n) is 9.50. The first-order chi connectivity index (χ1) is 14.6. The van der Waals surface area contributed by atoms with Crippen LogP contribution in [-0.4, -0.2) is 13.8 Å². The first kappa shape index (κ1) is 18.6. The van der Waals surface area contributed by atoms with Gasteiger partial charge in [0.2, 0.25) is 0 Å². The van der Waals surface area contributed by atoms with Crippen molar-refractivity contribution in [1.82, 2.24) is 0 Å². The van der Waals surface area contributed by atoms with Gasteiger partial charge in [0.05, 0.1) is 19.2 Å². The summed E-state index contributed by atoms with van der Waals surface area (Å²) in [5, 5.41) is 1.54. The van der Waals surface area contributed by atoms with Crippen LogP contribution in [0, 0.1) is 0 Å². The lowest BCUT2D eigenvalue weighted by Gasteiger charge is -2.31. The minimum absolute atomic E-state index is 0.398. The molecule has 0 saturated carbocycles. The number of fused-ring (bicyclic) bond motifs is 3. The van der Waals surface area contributed by atoms with Gasteiger partial charge in [-0.2, -0.15) is 0 Å². The lowest BCUT2D eigenvalue weighted by molar-refractivity contribution is 0.289. The second-order valence-corrected chi connectivity index (χ2v) is 7.51. The maximum atomic E-state index is 12.4. The summed E-state index contributed by atoms with van der Waals surface area (Å²) in [5.74, 6) is 1.48. The van der Waals surface area contributed by atoms with Gasteiger partial charge in [0.25, 0.3) is 0 Å². The summed E-state index contributed by atoms with van der Waals surface area (Å²) in [7, 11) is 1.63. The monoisotopic (exact) mass is 419 g/mol. The van der Waals surface area contributed by atoms with Crippen LogP contribution in [0.15, 0.2) is 75.9 Å². The van der Waals surface area contributed by atoms with Crippen LogP contribution in [-0.2, 0) is 6.54 Å². The number of halogens is 1. The molecule has 0 saturated heterocycles. The number of hydrogen-bond donors (Lipinski definition) is 0. The summed E-state index contributed by atoms with van der Waals surface area (Å²) in [6, 6.07) is 20.6. The molecule has 0 unspecified atom stereocenters. The predicted molar refractivity (Wildman–Crippen MR) is 118 cm³/mol. The molecule has 150 valence electrons. The molecule has 0 atom stereocenters. The molecule has 3 aromatic carbocycles. The summed E-state index contributed by atoms with van der Waals surface area (Å²) >= 11 is 6.01. The molecule has 0 fully saturated rings. The lowest BCUT2D eigenvalue weighted by atomic mass is 9.99. The number of hydrogen-bond acceptors (Lipinski definition) is 5. The molecule has 0 bridgehead atoms. The number of benzene rings is 3. The largest absolute Gasteiger partial charge is 0.497 e. The molecule has 2 heterocycles. The van der Waals surface area contributed by atoms with E-state index in [2.05, 4.69) is 4.90 Å². The Bertz CT molecular complexity index is 1280. The highest BCUT2D eigenvalue weighted by Crippen LogP contribution is 2.37. The lowest BCUT2D eigenvalue weighted by Crippen LogP contribution is -2.32. The number of rotatable bonds is 3. The van der Waals surface area contributed by atoms with Crippen molar-refractivity contribution >= 4 is 28.3 Å². The zero-order valence-corrected chi connectivity index (χ0v) is 17.0. The van der Waals surface area contributed by atoms with Crippen molar-refractivity contribution in [2.24, 2.45) is 0 Å². The fraction of sp³-hybridized carbons (Fsp3) is 0.125. The van der Waals surface area contributed by atoms with E-state index in [1.54, 1.807) is 7.11 Å². The van der Waals surface area contributed by atoms with Crippen molar-refractivity contribution in [2.45, 2.75) is 6.54 Å². The molecule has 1 aromatic heterocycles. The van der Waals surface area contributed by atoms with Crippen LogP contribution in [0.2, 0.25) is 5.02 Å². The Kier molecular flexibility index (Phi) is 4.60. The third-order valence-electron chi connectivity index (χ3n) is 5.29. The van der Waals surface area contributed by atoms with Gasteiger partial charge in [0, 0.05) is 22.2 Å². The van der Waals surface area contributed by atoms with E-state index in [0.717, 1.165) is 39.3 Å². The Morgan fingerprint density at radius 2 is 1.77 bits per heavy atom. The Morgan fingerprint density at radius 3 is 2.50 bits per heavy atom. The Balaban J connectivity index is 1.62. The van der Waals surface area contributed by atoms with E-state index >= 15 is 0 Å². The van der Waals surface area contributed by atoms with E-state index < -0.39 is 5.63 Å². The molecule has 0 amide bonds. The Morgan fingerprint density at radius 1 is 1.00 bits per heavy atom. The second-order valence-electron chi connectivity index (χ2n) is 7.07. The van der Waals surface area contributed by atoms with Crippen LogP contribution in [0.25, 0.3) is 22.1 Å². The SMILES string of the molecule is COc1ccc(-c2cc(=O)oc3c4c(ccc23)OCN(c2ccc(Cl)cc2)C4)cc1. The van der Waals surface area contributed by atoms with Crippen LogP contribution in [0.3, 0.4) is 0 Å². The quantitative estimate of drug-likeness (QED) is 0.412. The zero-order valence-electron chi connectivity index (χ0n) is 16.2. The Hall–Kier alpha value is -3.44. The van der Waals surface area contributed by atoms with Crippen molar-refractivity contribution in [3.8, 4) is 22.6 Å². The highest BCUT2D eigenvalue weighted by Gasteiger charge is 2.23. The second kappa shape index (κ2) is 7.43. The summed E-state index contributed by atoms with van der Waals surface area (Å²) in [6.07, 6.45) is 0. The maximum absolute atomic E-state index is 12.4. The Labute approximate surface area is 178 Å². The van der Waals surface area contributed by atoms with Crippen LogP contribution in [0.4, 0.5) is 5.69 Å². The van der Waals surface area contributed by atoms with E-state index in [9.17, 15) is 4.79 Å². The maximum Gasteiger partial charge on any atom is 0.336 e. The first-order valence-corrected chi connectivity index (χ1v) is 9.87. The molecule has 0 aliphatic carbocycles. The van der Waals surface area contributed by atoms with E-state index in [0.29, 0.717) is 23.9 Å². The summed E-state index contributed by atoms with van der Waals surface area (Å²) in [4.78, 5) is 14.5. The van der Waals surface area contributed by atoms with Gasteiger partial charge in [0.15, 0.2) is 6.73 Å². The predicted octanol–water partition coefficient (Wildman–Crippen LogP) is 5.48. The van der Waals surface area contributed by atoms with Crippen molar-refractivity contribution in [3.05, 3.63) is 87.7 Å². The molecule has 0 radical (unpaired) electrons. The molecular weight excluding hydrogens is 402 g/mol. The normalized spacial score (nSPS) is 13.1. The molecule has 0 spiro atoms. The molecule has 0 N–H and O–H groups in total. The van der Waals surface area contributed by atoms with Gasteiger partial charge in [-0.25, -0.2) is 4.79 Å². The van der Waals surface area contributed by atoms with Gasteiger partial charge in [-0.3, -0.25) is 0 Å². The smallest absolute Gasteiger partial charge is 0.336 e. The minimum atomic E-state index is -0.398. The van der Waals surface area contributed by atoms with Crippen molar-refractivity contribution in [3.63, 3.8) is 0 Å². The van der Waals surface area contributed by atoms with Crippen molar-refractivity contribution in [1.29, 1.82) is 0 Å². The standard InChI is InChI=1S/C24H18ClNO4/c1-28-18-8-2-15(3-9-18)20-12-23(27)30-24-19(20)10-11-22-21(24)13-26(14-29-22)17-6-4-16(25)5-7-17/h2-12H,13-14H2,1H3. The molecule has 30 heavy (non-hydrogen) atoms. The fourth-order valence-corrected chi connectivity index (χ4v) is 3.89. The van der Waals surface area contributed by atoms with E-state index in [1.807, 2.05) is 60.7 Å². The highest BCUT2D eigenvalue weighted by molar-refractivity contribution is 6.30. The highest BCUT2D eigenvalue weighted by atomic mass is 35.5.